The van der Waals surface area contributed by atoms with Gasteiger partial charge in [-0.15, -0.1) is 0 Å². The lowest BCUT2D eigenvalue weighted by Crippen LogP contribution is -2.42. The number of hydrogen-bond donors (Lipinski definition) is 1. The van der Waals surface area contributed by atoms with Crippen LogP contribution in [0.4, 0.5) is 0 Å². The largest absolute Gasteiger partial charge is 0.480 e. The van der Waals surface area contributed by atoms with Gasteiger partial charge in [0.25, 0.3) is 5.91 Å². The number of pyridine rings is 1. The van der Waals surface area contributed by atoms with Crippen LogP contribution in [0, 0.1) is 0 Å². The van der Waals surface area contributed by atoms with Crippen LogP contribution in [0.5, 0.6) is 0 Å². The molecular weight excluding hydrogens is 256 g/mol. The zero-order valence-corrected chi connectivity index (χ0v) is 11.0. The van der Waals surface area contributed by atoms with Gasteiger partial charge in [0.2, 0.25) is 0 Å². The van der Waals surface area contributed by atoms with E-state index < -0.39 is 11.9 Å². The van der Waals surface area contributed by atoms with Crippen LogP contribution < -0.4 is 0 Å². The summed E-state index contributed by atoms with van der Waals surface area (Å²) in [6.07, 6.45) is 2.04. The Hall–Kier alpha value is -1.62. The topological polar surface area (TPSA) is 70.5 Å². The van der Waals surface area contributed by atoms with Gasteiger partial charge in [0.15, 0.2) is 0 Å². The molecule has 0 spiro atoms. The molecule has 0 saturated carbocycles. The van der Waals surface area contributed by atoms with Crippen molar-refractivity contribution in [1.82, 2.24) is 9.88 Å². The molecule has 1 heterocycles. The molecule has 0 saturated heterocycles. The van der Waals surface area contributed by atoms with Crippen molar-refractivity contribution in [2.45, 2.75) is 26.3 Å². The number of hydrogen-bond acceptors (Lipinski definition) is 3. The molecule has 6 heteroatoms. The summed E-state index contributed by atoms with van der Waals surface area (Å²) in [6, 6.07) is 2.88. The van der Waals surface area contributed by atoms with Crippen LogP contribution in [0.25, 0.3) is 0 Å². The van der Waals surface area contributed by atoms with Gasteiger partial charge in [-0.25, -0.2) is 4.98 Å². The number of rotatable bonds is 5. The fourth-order valence-corrected chi connectivity index (χ4v) is 1.56. The number of aliphatic carboxylic acids is 1. The summed E-state index contributed by atoms with van der Waals surface area (Å²) in [7, 11) is 0. The maximum absolute atomic E-state index is 12.1. The Morgan fingerprint density at radius 3 is 2.61 bits per heavy atom. The zero-order valence-electron chi connectivity index (χ0n) is 10.3. The molecule has 1 aromatic heterocycles. The number of halogens is 1. The average molecular weight is 271 g/mol. The molecule has 0 aliphatic heterocycles. The first-order chi connectivity index (χ1) is 8.45. The highest BCUT2D eigenvalue weighted by molar-refractivity contribution is 6.30. The first kappa shape index (κ1) is 14.4. The van der Waals surface area contributed by atoms with Crippen LogP contribution in [0.2, 0.25) is 5.02 Å². The van der Waals surface area contributed by atoms with Crippen LogP contribution >= 0.6 is 11.6 Å². The first-order valence-corrected chi connectivity index (χ1v) is 5.97. The van der Waals surface area contributed by atoms with E-state index in [9.17, 15) is 9.59 Å². The summed E-state index contributed by atoms with van der Waals surface area (Å²) in [5, 5.41) is 9.26. The summed E-state index contributed by atoms with van der Waals surface area (Å²) < 4.78 is 0. The van der Waals surface area contributed by atoms with E-state index in [1.165, 1.54) is 17.2 Å². The lowest BCUT2D eigenvalue weighted by Gasteiger charge is -2.26. The molecule has 0 aliphatic rings. The monoisotopic (exact) mass is 270 g/mol. The predicted octanol–water partition coefficient (Wildman–Crippen LogP) is 2.06. The minimum Gasteiger partial charge on any atom is -0.480 e. The smallest absolute Gasteiger partial charge is 0.323 e. The third-order valence-electron chi connectivity index (χ3n) is 2.64. The molecule has 0 aliphatic carbocycles. The van der Waals surface area contributed by atoms with Crippen molar-refractivity contribution in [3.05, 3.63) is 29.0 Å². The van der Waals surface area contributed by atoms with Crippen molar-refractivity contribution in [2.24, 2.45) is 0 Å². The normalized spacial score (nSPS) is 11.9. The Kier molecular flexibility index (Phi) is 5.09. The maximum Gasteiger partial charge on any atom is 0.323 e. The van der Waals surface area contributed by atoms with Crippen molar-refractivity contribution < 1.29 is 14.7 Å². The highest BCUT2D eigenvalue weighted by Crippen LogP contribution is 2.11. The number of nitrogens with zero attached hydrogens (tertiary/aromatic N) is 2. The van der Waals surface area contributed by atoms with Gasteiger partial charge in [-0.1, -0.05) is 18.5 Å². The Bertz CT molecular complexity index is 433. The third kappa shape index (κ3) is 3.70. The Balaban J connectivity index is 2.94. The molecule has 1 atom stereocenters. The molecule has 0 fully saturated rings. The van der Waals surface area contributed by atoms with Gasteiger partial charge in [-0.2, -0.15) is 0 Å². The molecule has 5 nitrogen and oxygen atoms in total. The molecule has 1 aromatic rings. The second-order valence-electron chi connectivity index (χ2n) is 3.95. The molecule has 0 bridgehead atoms. The van der Waals surface area contributed by atoms with Crippen LogP contribution in [0.15, 0.2) is 18.3 Å². The SMILES string of the molecule is CCC(C)N(CC(=O)O)C(=O)c1ccc(Cl)cn1. The Morgan fingerprint density at radius 2 is 2.17 bits per heavy atom. The van der Waals surface area contributed by atoms with Crippen molar-refractivity contribution in [3.63, 3.8) is 0 Å². The first-order valence-electron chi connectivity index (χ1n) is 5.60. The summed E-state index contributed by atoms with van der Waals surface area (Å²) in [5.41, 5.74) is 0.195. The standard InChI is InChI=1S/C12H15ClN2O3/c1-3-8(2)15(7-11(16)17)12(18)10-5-4-9(13)6-14-10/h4-6,8H,3,7H2,1-2H3,(H,16,17). The highest BCUT2D eigenvalue weighted by atomic mass is 35.5. The summed E-state index contributed by atoms with van der Waals surface area (Å²) in [6.45, 7) is 3.36. The lowest BCUT2D eigenvalue weighted by molar-refractivity contribution is -0.138. The Morgan fingerprint density at radius 1 is 1.50 bits per heavy atom. The molecule has 1 amide bonds. The minimum absolute atomic E-state index is 0.161. The zero-order chi connectivity index (χ0) is 13.7. The molecular formula is C12H15ClN2O3. The number of carbonyl (C=O) groups excluding carboxylic acids is 1. The summed E-state index contributed by atoms with van der Waals surface area (Å²) in [5.74, 6) is -1.44. The number of carbonyl (C=O) groups is 2. The van der Waals surface area contributed by atoms with Gasteiger partial charge >= 0.3 is 5.97 Å². The van der Waals surface area contributed by atoms with E-state index >= 15 is 0 Å². The third-order valence-corrected chi connectivity index (χ3v) is 2.86. The molecule has 0 aromatic carbocycles. The second-order valence-corrected chi connectivity index (χ2v) is 4.38. The number of aromatic nitrogens is 1. The number of carboxylic acids is 1. The molecule has 1 rings (SSSR count). The molecule has 1 N–H and O–H groups in total. The molecule has 1 unspecified atom stereocenters. The van der Waals surface area contributed by atoms with Crippen LogP contribution in [0.1, 0.15) is 30.8 Å². The van der Waals surface area contributed by atoms with Gasteiger partial charge < -0.3 is 10.0 Å². The molecule has 98 valence electrons. The van der Waals surface area contributed by atoms with E-state index in [0.717, 1.165) is 0 Å². The average Bonchev–Trinajstić information content (AvgIpc) is 2.35. The molecule has 0 radical (unpaired) electrons. The van der Waals surface area contributed by atoms with E-state index in [0.29, 0.717) is 11.4 Å². The maximum atomic E-state index is 12.1. The van der Waals surface area contributed by atoms with Crippen molar-refractivity contribution in [3.8, 4) is 0 Å². The number of amides is 1. The van der Waals surface area contributed by atoms with E-state index in [1.54, 1.807) is 13.0 Å². The highest BCUT2D eigenvalue weighted by Gasteiger charge is 2.23. The van der Waals surface area contributed by atoms with E-state index in [2.05, 4.69) is 4.98 Å². The minimum atomic E-state index is -1.04. The van der Waals surface area contributed by atoms with Crippen molar-refractivity contribution in [2.75, 3.05) is 6.54 Å². The van der Waals surface area contributed by atoms with E-state index in [4.69, 9.17) is 16.7 Å². The predicted molar refractivity (Wildman–Crippen MR) is 67.7 cm³/mol. The second kappa shape index (κ2) is 6.35. The fraction of sp³-hybridized carbons (Fsp3) is 0.417. The number of carboxylic acid groups (broad SMARTS) is 1. The van der Waals surface area contributed by atoms with Gasteiger partial charge in [-0.3, -0.25) is 9.59 Å². The van der Waals surface area contributed by atoms with Crippen LogP contribution in [-0.2, 0) is 4.79 Å². The van der Waals surface area contributed by atoms with Gasteiger partial charge in [0, 0.05) is 12.2 Å². The van der Waals surface area contributed by atoms with Gasteiger partial charge in [0.05, 0.1) is 5.02 Å². The van der Waals surface area contributed by atoms with Gasteiger partial charge in [0.1, 0.15) is 12.2 Å². The van der Waals surface area contributed by atoms with Gasteiger partial charge in [-0.05, 0) is 25.5 Å². The fourth-order valence-electron chi connectivity index (χ4n) is 1.44. The van der Waals surface area contributed by atoms with Crippen LogP contribution in [0.3, 0.4) is 0 Å². The molecule has 18 heavy (non-hydrogen) atoms. The lowest BCUT2D eigenvalue weighted by atomic mass is 10.2. The van der Waals surface area contributed by atoms with Crippen LogP contribution in [-0.4, -0.2) is 39.5 Å². The summed E-state index contributed by atoms with van der Waals surface area (Å²) >= 11 is 5.69. The summed E-state index contributed by atoms with van der Waals surface area (Å²) in [4.78, 5) is 28.1. The van der Waals surface area contributed by atoms with E-state index in [1.807, 2.05) is 6.92 Å². The van der Waals surface area contributed by atoms with Crippen molar-refractivity contribution in [1.29, 1.82) is 0 Å². The van der Waals surface area contributed by atoms with E-state index in [-0.39, 0.29) is 18.3 Å². The Labute approximate surface area is 110 Å². The van der Waals surface area contributed by atoms with Crippen molar-refractivity contribution >= 4 is 23.5 Å². The quantitative estimate of drug-likeness (QED) is 0.889.